The number of aromatic nitrogens is 2. The summed E-state index contributed by atoms with van der Waals surface area (Å²) in [6, 6.07) is 6.97. The van der Waals surface area contributed by atoms with E-state index in [-0.39, 0.29) is 12.6 Å². The smallest absolute Gasteiger partial charge is 0.338 e. The highest BCUT2D eigenvalue weighted by Gasteiger charge is 2.10. The Balaban J connectivity index is 1.55. The van der Waals surface area contributed by atoms with Crippen molar-refractivity contribution in [2.24, 2.45) is 0 Å². The van der Waals surface area contributed by atoms with Crippen molar-refractivity contribution in [2.45, 2.75) is 33.0 Å². The highest BCUT2D eigenvalue weighted by atomic mass is 32.1. The van der Waals surface area contributed by atoms with E-state index in [2.05, 4.69) is 16.9 Å². The molecule has 0 atom stereocenters. The molecule has 0 N–H and O–H groups in total. The number of hydrogen-bond donors (Lipinski definition) is 0. The van der Waals surface area contributed by atoms with Gasteiger partial charge in [-0.15, -0.1) is 22.7 Å². The van der Waals surface area contributed by atoms with E-state index in [0.29, 0.717) is 17.9 Å². The maximum Gasteiger partial charge on any atom is 0.338 e. The summed E-state index contributed by atoms with van der Waals surface area (Å²) in [5.41, 5.74) is 3.87. The highest BCUT2D eigenvalue weighted by molar-refractivity contribution is 7.09. The van der Waals surface area contributed by atoms with Gasteiger partial charge in [-0.2, -0.15) is 0 Å². The summed E-state index contributed by atoms with van der Waals surface area (Å²) in [7, 11) is 0. The molecule has 5 nitrogen and oxygen atoms in total. The number of nitrogens with zero attached hydrogens (tertiary/aromatic N) is 2. The van der Waals surface area contributed by atoms with E-state index in [1.54, 1.807) is 41.1 Å². The van der Waals surface area contributed by atoms with Crippen molar-refractivity contribution in [3.05, 3.63) is 62.5 Å². The summed E-state index contributed by atoms with van der Waals surface area (Å²) in [6.07, 6.45) is 2.01. The van der Waals surface area contributed by atoms with Crippen molar-refractivity contribution in [1.82, 2.24) is 9.97 Å². The van der Waals surface area contributed by atoms with Gasteiger partial charge >= 0.3 is 5.97 Å². The molecule has 0 spiro atoms. The van der Waals surface area contributed by atoms with Gasteiger partial charge in [0.25, 0.3) is 0 Å². The van der Waals surface area contributed by atoms with E-state index >= 15 is 0 Å². The standard InChI is InChI=1S/C18H18N2O3S2/c1-2-4-17-20-15(11-25-17)9-23-18(21)13-5-3-6-16(7-13)22-8-14-10-24-12-19-14/h3,5-7,10-12H,2,4,8-9H2,1H3. The van der Waals surface area contributed by atoms with Crippen molar-refractivity contribution < 1.29 is 14.3 Å². The van der Waals surface area contributed by atoms with Crippen LogP contribution in [0.3, 0.4) is 0 Å². The van der Waals surface area contributed by atoms with E-state index in [9.17, 15) is 4.79 Å². The number of aryl methyl sites for hydroxylation is 1. The normalized spacial score (nSPS) is 10.6. The third kappa shape index (κ3) is 5.11. The SMILES string of the molecule is CCCc1nc(COC(=O)c2cccc(OCc3cscn3)c2)cs1. The molecule has 0 unspecified atom stereocenters. The Kier molecular flexibility index (Phi) is 6.14. The molecule has 0 radical (unpaired) electrons. The second kappa shape index (κ2) is 8.73. The van der Waals surface area contributed by atoms with Crippen molar-refractivity contribution >= 4 is 28.6 Å². The van der Waals surface area contributed by atoms with Crippen LogP contribution < -0.4 is 4.74 Å². The van der Waals surface area contributed by atoms with Gasteiger partial charge in [-0.1, -0.05) is 13.0 Å². The first-order valence-corrected chi connectivity index (χ1v) is 9.77. The van der Waals surface area contributed by atoms with Gasteiger partial charge in [0.1, 0.15) is 19.0 Å². The van der Waals surface area contributed by atoms with Crippen LogP contribution in [-0.4, -0.2) is 15.9 Å². The molecule has 0 amide bonds. The van der Waals surface area contributed by atoms with Gasteiger partial charge in [-0.25, -0.2) is 14.8 Å². The quantitative estimate of drug-likeness (QED) is 0.544. The van der Waals surface area contributed by atoms with E-state index in [0.717, 1.165) is 29.2 Å². The number of rotatable bonds is 8. The number of thiazole rings is 2. The lowest BCUT2D eigenvalue weighted by atomic mass is 10.2. The summed E-state index contributed by atoms with van der Waals surface area (Å²) in [6.45, 7) is 2.68. The zero-order valence-electron chi connectivity index (χ0n) is 13.8. The fraction of sp³-hybridized carbons (Fsp3) is 0.278. The molecule has 0 fully saturated rings. The molecule has 0 bridgehead atoms. The number of esters is 1. The van der Waals surface area contributed by atoms with E-state index in [1.165, 1.54) is 11.3 Å². The summed E-state index contributed by atoms with van der Waals surface area (Å²) in [5.74, 6) is 0.227. The molecular weight excluding hydrogens is 356 g/mol. The fourth-order valence-electron chi connectivity index (χ4n) is 2.15. The molecule has 3 aromatic rings. The molecule has 0 saturated carbocycles. The Morgan fingerprint density at radius 2 is 2.12 bits per heavy atom. The average Bonchev–Trinajstić information content (AvgIpc) is 3.30. The topological polar surface area (TPSA) is 61.3 Å². The third-order valence-electron chi connectivity index (χ3n) is 3.35. The van der Waals surface area contributed by atoms with Crippen LogP contribution >= 0.6 is 22.7 Å². The Hall–Kier alpha value is -2.25. The van der Waals surface area contributed by atoms with Crippen LogP contribution in [0.1, 0.15) is 40.1 Å². The van der Waals surface area contributed by atoms with Crippen LogP contribution in [0.2, 0.25) is 0 Å². The molecule has 3 rings (SSSR count). The minimum absolute atomic E-state index is 0.183. The lowest BCUT2D eigenvalue weighted by molar-refractivity contribution is 0.0467. The van der Waals surface area contributed by atoms with Gasteiger partial charge in [0, 0.05) is 10.8 Å². The minimum atomic E-state index is -0.385. The number of carbonyl (C=O) groups is 1. The minimum Gasteiger partial charge on any atom is -0.487 e. The van der Waals surface area contributed by atoms with Crippen molar-refractivity contribution in [3.8, 4) is 5.75 Å². The van der Waals surface area contributed by atoms with Gasteiger partial charge in [0.05, 0.1) is 27.5 Å². The van der Waals surface area contributed by atoms with Gasteiger partial charge in [0.15, 0.2) is 0 Å². The maximum absolute atomic E-state index is 12.2. The van der Waals surface area contributed by atoms with Crippen LogP contribution in [0.25, 0.3) is 0 Å². The monoisotopic (exact) mass is 374 g/mol. The van der Waals surface area contributed by atoms with Gasteiger partial charge in [-0.3, -0.25) is 0 Å². The van der Waals surface area contributed by atoms with Crippen LogP contribution in [-0.2, 0) is 24.4 Å². The molecule has 130 valence electrons. The molecule has 7 heteroatoms. The summed E-state index contributed by atoms with van der Waals surface area (Å²) < 4.78 is 11.0. The van der Waals surface area contributed by atoms with Crippen LogP contribution in [0.5, 0.6) is 5.75 Å². The van der Waals surface area contributed by atoms with E-state index < -0.39 is 0 Å². The number of carbonyl (C=O) groups excluding carboxylic acids is 1. The first-order valence-electron chi connectivity index (χ1n) is 7.95. The number of ether oxygens (including phenoxy) is 2. The second-order valence-corrected chi connectivity index (χ2v) is 7.02. The van der Waals surface area contributed by atoms with Crippen LogP contribution in [0, 0.1) is 0 Å². The van der Waals surface area contributed by atoms with Crippen molar-refractivity contribution in [3.63, 3.8) is 0 Å². The van der Waals surface area contributed by atoms with Crippen molar-refractivity contribution in [1.29, 1.82) is 0 Å². The number of benzene rings is 1. The van der Waals surface area contributed by atoms with Gasteiger partial charge in [-0.05, 0) is 31.0 Å². The van der Waals surface area contributed by atoms with Crippen LogP contribution in [0.4, 0.5) is 0 Å². The van der Waals surface area contributed by atoms with E-state index in [4.69, 9.17) is 9.47 Å². The molecule has 2 aromatic heterocycles. The Morgan fingerprint density at radius 3 is 2.92 bits per heavy atom. The lowest BCUT2D eigenvalue weighted by Crippen LogP contribution is -2.06. The molecule has 0 saturated heterocycles. The zero-order valence-corrected chi connectivity index (χ0v) is 15.4. The Morgan fingerprint density at radius 1 is 1.20 bits per heavy atom. The molecule has 1 aromatic carbocycles. The first-order chi connectivity index (χ1) is 12.2. The summed E-state index contributed by atoms with van der Waals surface area (Å²) in [5, 5.41) is 4.94. The largest absolute Gasteiger partial charge is 0.487 e. The predicted molar refractivity (Wildman–Crippen MR) is 98.1 cm³/mol. The Bertz CT molecular complexity index is 815. The predicted octanol–water partition coefficient (Wildman–Crippen LogP) is 4.49. The third-order valence-corrected chi connectivity index (χ3v) is 4.95. The Labute approximate surface area is 154 Å². The van der Waals surface area contributed by atoms with E-state index in [1.807, 2.05) is 10.8 Å². The first kappa shape index (κ1) is 17.6. The average molecular weight is 374 g/mol. The summed E-state index contributed by atoms with van der Waals surface area (Å²) in [4.78, 5) is 20.8. The van der Waals surface area contributed by atoms with Crippen LogP contribution in [0.15, 0.2) is 40.5 Å². The molecule has 0 aliphatic carbocycles. The highest BCUT2D eigenvalue weighted by Crippen LogP contribution is 2.17. The molecule has 0 aliphatic heterocycles. The lowest BCUT2D eigenvalue weighted by Gasteiger charge is -2.07. The molecule has 25 heavy (non-hydrogen) atoms. The molecule has 0 aliphatic rings. The summed E-state index contributed by atoms with van der Waals surface area (Å²) >= 11 is 3.12. The molecule has 2 heterocycles. The van der Waals surface area contributed by atoms with Gasteiger partial charge in [0.2, 0.25) is 0 Å². The fourth-order valence-corrected chi connectivity index (χ4v) is 3.57. The molecular formula is C18H18N2O3S2. The van der Waals surface area contributed by atoms with Gasteiger partial charge < -0.3 is 9.47 Å². The van der Waals surface area contributed by atoms with Crippen molar-refractivity contribution in [2.75, 3.05) is 0 Å². The second-order valence-electron chi connectivity index (χ2n) is 5.36. The zero-order chi connectivity index (χ0) is 17.5. The number of hydrogen-bond acceptors (Lipinski definition) is 7. The maximum atomic E-state index is 12.2.